The van der Waals surface area contributed by atoms with E-state index in [9.17, 15) is 8.42 Å². The summed E-state index contributed by atoms with van der Waals surface area (Å²) in [6.07, 6.45) is 1.84. The van der Waals surface area contributed by atoms with Crippen LogP contribution in [0.2, 0.25) is 5.02 Å². The number of nitrogen functional groups attached to an aromatic ring is 1. The standard InChI is InChI=1S/C17H18ClNO2S/c1-3-4-17(15-11-13(18)7-10-16(15)19)22(20,21)14-8-5-12(2)6-9-14/h3,5-11,17H,1,4,19H2,2H3/t17-/m0/s1. The first-order valence-electron chi connectivity index (χ1n) is 6.82. The Kier molecular flexibility index (Phi) is 4.94. The predicted octanol–water partition coefficient (Wildman–Crippen LogP) is 4.32. The van der Waals surface area contributed by atoms with Gasteiger partial charge in [0.2, 0.25) is 0 Å². The maximum absolute atomic E-state index is 13.0. The Morgan fingerprint density at radius 3 is 2.45 bits per heavy atom. The van der Waals surface area contributed by atoms with E-state index in [0.29, 0.717) is 16.3 Å². The van der Waals surface area contributed by atoms with Crippen molar-refractivity contribution >= 4 is 27.1 Å². The van der Waals surface area contributed by atoms with Crippen LogP contribution in [-0.4, -0.2) is 8.42 Å². The molecule has 2 aromatic rings. The monoisotopic (exact) mass is 335 g/mol. The van der Waals surface area contributed by atoms with Crippen molar-refractivity contribution in [3.63, 3.8) is 0 Å². The van der Waals surface area contributed by atoms with Crippen molar-refractivity contribution in [1.29, 1.82) is 0 Å². The van der Waals surface area contributed by atoms with Crippen molar-refractivity contribution in [2.75, 3.05) is 5.73 Å². The average Bonchev–Trinajstić information content (AvgIpc) is 2.48. The van der Waals surface area contributed by atoms with Gasteiger partial charge in [0.05, 0.1) is 10.1 Å². The largest absolute Gasteiger partial charge is 0.398 e. The third kappa shape index (κ3) is 3.34. The third-order valence-corrected chi connectivity index (χ3v) is 5.86. The van der Waals surface area contributed by atoms with Crippen LogP contribution in [0.1, 0.15) is 22.8 Å². The second-order valence-electron chi connectivity index (χ2n) is 5.14. The number of hydrogen-bond donors (Lipinski definition) is 1. The number of hydrogen-bond acceptors (Lipinski definition) is 3. The van der Waals surface area contributed by atoms with E-state index >= 15 is 0 Å². The summed E-state index contributed by atoms with van der Waals surface area (Å²) in [4.78, 5) is 0.268. The summed E-state index contributed by atoms with van der Waals surface area (Å²) in [7, 11) is -3.58. The fourth-order valence-corrected chi connectivity index (χ4v) is 4.24. The Morgan fingerprint density at radius 1 is 1.23 bits per heavy atom. The second kappa shape index (κ2) is 6.55. The van der Waals surface area contributed by atoms with E-state index in [1.54, 1.807) is 48.5 Å². The molecule has 0 radical (unpaired) electrons. The number of sulfone groups is 1. The number of anilines is 1. The van der Waals surface area contributed by atoms with Crippen molar-refractivity contribution in [1.82, 2.24) is 0 Å². The normalized spacial score (nSPS) is 12.8. The Morgan fingerprint density at radius 2 is 1.86 bits per heavy atom. The van der Waals surface area contributed by atoms with E-state index in [2.05, 4.69) is 6.58 Å². The second-order valence-corrected chi connectivity index (χ2v) is 7.71. The molecule has 2 aromatic carbocycles. The van der Waals surface area contributed by atoms with E-state index in [4.69, 9.17) is 17.3 Å². The summed E-state index contributed by atoms with van der Waals surface area (Å²) in [6, 6.07) is 11.7. The summed E-state index contributed by atoms with van der Waals surface area (Å²) in [6.45, 7) is 5.57. The molecular formula is C17H18ClNO2S. The minimum Gasteiger partial charge on any atom is -0.398 e. The summed E-state index contributed by atoms with van der Waals surface area (Å²) >= 11 is 6.00. The molecule has 0 fully saturated rings. The maximum atomic E-state index is 13.0. The fourth-order valence-electron chi connectivity index (χ4n) is 2.29. The highest BCUT2D eigenvalue weighted by Crippen LogP contribution is 2.36. The van der Waals surface area contributed by atoms with Gasteiger partial charge >= 0.3 is 0 Å². The smallest absolute Gasteiger partial charge is 0.185 e. The Balaban J connectivity index is 2.57. The molecule has 0 saturated heterocycles. The van der Waals surface area contributed by atoms with E-state index in [-0.39, 0.29) is 11.3 Å². The van der Waals surface area contributed by atoms with Gasteiger partial charge in [0.15, 0.2) is 9.84 Å². The van der Waals surface area contributed by atoms with Crippen LogP contribution in [0.25, 0.3) is 0 Å². The summed E-state index contributed by atoms with van der Waals surface area (Å²) < 4.78 is 25.9. The lowest BCUT2D eigenvalue weighted by molar-refractivity contribution is 0.582. The summed E-state index contributed by atoms with van der Waals surface area (Å²) in [5.74, 6) is 0. The highest BCUT2D eigenvalue weighted by Gasteiger charge is 2.29. The molecule has 0 aliphatic heterocycles. The first kappa shape index (κ1) is 16.6. The molecule has 0 aromatic heterocycles. The Hall–Kier alpha value is -1.78. The molecule has 0 aliphatic carbocycles. The van der Waals surface area contributed by atoms with Gasteiger partial charge in [-0.25, -0.2) is 8.42 Å². The molecule has 0 heterocycles. The van der Waals surface area contributed by atoms with Gasteiger partial charge in [0.25, 0.3) is 0 Å². The molecule has 116 valence electrons. The Bertz CT molecular complexity index is 783. The SMILES string of the molecule is C=CC[C@@H](c1cc(Cl)ccc1N)S(=O)(=O)c1ccc(C)cc1. The van der Waals surface area contributed by atoms with E-state index < -0.39 is 15.1 Å². The van der Waals surface area contributed by atoms with Gasteiger partial charge in [-0.05, 0) is 49.2 Å². The molecule has 0 saturated carbocycles. The first-order valence-corrected chi connectivity index (χ1v) is 8.75. The first-order chi connectivity index (χ1) is 10.4. The van der Waals surface area contributed by atoms with Gasteiger partial charge < -0.3 is 5.73 Å². The number of halogens is 1. The van der Waals surface area contributed by atoms with Gasteiger partial charge in [-0.1, -0.05) is 35.4 Å². The van der Waals surface area contributed by atoms with Crippen LogP contribution >= 0.6 is 11.6 Å². The molecular weight excluding hydrogens is 318 g/mol. The molecule has 5 heteroatoms. The van der Waals surface area contributed by atoms with Crippen LogP contribution in [0, 0.1) is 6.92 Å². The zero-order valence-electron chi connectivity index (χ0n) is 12.3. The lowest BCUT2D eigenvalue weighted by Gasteiger charge is -2.19. The number of benzene rings is 2. The third-order valence-electron chi connectivity index (χ3n) is 3.50. The van der Waals surface area contributed by atoms with Crippen LogP contribution in [-0.2, 0) is 9.84 Å². The average molecular weight is 336 g/mol. The van der Waals surface area contributed by atoms with Crippen LogP contribution in [0.3, 0.4) is 0 Å². The highest BCUT2D eigenvalue weighted by molar-refractivity contribution is 7.91. The topological polar surface area (TPSA) is 60.2 Å². The molecule has 3 nitrogen and oxygen atoms in total. The number of allylic oxidation sites excluding steroid dienone is 1. The zero-order chi connectivity index (χ0) is 16.3. The Labute approximate surface area is 136 Å². The minimum absolute atomic E-state index is 0.265. The lowest BCUT2D eigenvalue weighted by atomic mass is 10.1. The van der Waals surface area contributed by atoms with Crippen molar-refractivity contribution in [3.8, 4) is 0 Å². The van der Waals surface area contributed by atoms with Gasteiger partial charge in [0, 0.05) is 10.7 Å². The van der Waals surface area contributed by atoms with Crippen LogP contribution < -0.4 is 5.73 Å². The molecule has 2 N–H and O–H groups in total. The molecule has 0 unspecified atom stereocenters. The number of aryl methyl sites for hydroxylation is 1. The quantitative estimate of drug-likeness (QED) is 0.653. The lowest BCUT2D eigenvalue weighted by Crippen LogP contribution is -2.15. The van der Waals surface area contributed by atoms with Crippen molar-refractivity contribution in [2.45, 2.75) is 23.5 Å². The molecule has 0 spiro atoms. The van der Waals surface area contributed by atoms with Gasteiger partial charge in [-0.2, -0.15) is 0 Å². The minimum atomic E-state index is -3.58. The van der Waals surface area contributed by atoms with E-state index in [0.717, 1.165) is 5.56 Å². The number of rotatable bonds is 5. The van der Waals surface area contributed by atoms with Gasteiger partial charge in [-0.15, -0.1) is 6.58 Å². The molecule has 0 amide bonds. The summed E-state index contributed by atoms with van der Waals surface area (Å²) in [5, 5.41) is -0.344. The summed E-state index contributed by atoms with van der Waals surface area (Å²) in [5.41, 5.74) is 7.88. The molecule has 22 heavy (non-hydrogen) atoms. The molecule has 0 bridgehead atoms. The zero-order valence-corrected chi connectivity index (χ0v) is 13.9. The van der Waals surface area contributed by atoms with Crippen molar-refractivity contribution in [3.05, 3.63) is 71.3 Å². The highest BCUT2D eigenvalue weighted by atomic mass is 35.5. The van der Waals surface area contributed by atoms with Crippen LogP contribution in [0.4, 0.5) is 5.69 Å². The molecule has 1 atom stereocenters. The van der Waals surface area contributed by atoms with Crippen molar-refractivity contribution < 1.29 is 8.42 Å². The number of nitrogens with two attached hydrogens (primary N) is 1. The van der Waals surface area contributed by atoms with Crippen LogP contribution in [0.5, 0.6) is 0 Å². The van der Waals surface area contributed by atoms with Gasteiger partial charge in [-0.3, -0.25) is 0 Å². The van der Waals surface area contributed by atoms with Crippen molar-refractivity contribution in [2.24, 2.45) is 0 Å². The predicted molar refractivity (Wildman–Crippen MR) is 91.8 cm³/mol. The molecule has 0 aliphatic rings. The van der Waals surface area contributed by atoms with Crippen LogP contribution in [0.15, 0.2) is 60.0 Å². The molecule has 2 rings (SSSR count). The fraction of sp³-hybridized carbons (Fsp3) is 0.176. The van der Waals surface area contributed by atoms with E-state index in [1.165, 1.54) is 0 Å². The maximum Gasteiger partial charge on any atom is 0.185 e. The van der Waals surface area contributed by atoms with Gasteiger partial charge in [0.1, 0.15) is 0 Å². The van der Waals surface area contributed by atoms with E-state index in [1.807, 2.05) is 6.92 Å².